The van der Waals surface area contributed by atoms with Crippen molar-refractivity contribution in [2.75, 3.05) is 6.54 Å². The monoisotopic (exact) mass is 351 g/mol. The Kier molecular flexibility index (Phi) is 4.00. The molecule has 1 aliphatic heterocycles. The SMILES string of the molecule is NC(=O)CCCN1Cc2cc(-c3nc(-c4ccccc4)no3)cn2C1=O. The quantitative estimate of drug-likeness (QED) is 0.733. The second kappa shape index (κ2) is 6.47. The lowest BCUT2D eigenvalue weighted by atomic mass is 10.2. The molecule has 2 N–H and O–H groups in total. The van der Waals surface area contributed by atoms with Gasteiger partial charge >= 0.3 is 6.03 Å². The van der Waals surface area contributed by atoms with Crippen LogP contribution in [-0.2, 0) is 11.3 Å². The molecule has 0 saturated carbocycles. The van der Waals surface area contributed by atoms with Gasteiger partial charge in [0.1, 0.15) is 0 Å². The molecule has 0 saturated heterocycles. The number of carbonyl (C=O) groups excluding carboxylic acids is 2. The second-order valence-corrected chi connectivity index (χ2v) is 6.15. The Morgan fingerprint density at radius 3 is 2.77 bits per heavy atom. The standard InChI is InChI=1S/C18H17N5O3/c19-15(24)7-4-8-22-11-14-9-13(10-23(14)18(22)25)17-20-16(21-26-17)12-5-2-1-3-6-12/h1-3,5-6,9-10H,4,7-8,11H2,(H2,19,24). The summed E-state index contributed by atoms with van der Waals surface area (Å²) in [5, 5.41) is 4.00. The van der Waals surface area contributed by atoms with Gasteiger partial charge in [-0.1, -0.05) is 35.5 Å². The van der Waals surface area contributed by atoms with Crippen LogP contribution in [0.3, 0.4) is 0 Å². The second-order valence-electron chi connectivity index (χ2n) is 6.15. The molecule has 0 spiro atoms. The lowest BCUT2D eigenvalue weighted by molar-refractivity contribution is -0.118. The number of amides is 2. The minimum Gasteiger partial charge on any atom is -0.370 e. The predicted octanol–water partition coefficient (Wildman–Crippen LogP) is 2.25. The van der Waals surface area contributed by atoms with Crippen LogP contribution in [0.5, 0.6) is 0 Å². The number of fused-ring (bicyclic) bond motifs is 1. The highest BCUT2D eigenvalue weighted by Gasteiger charge is 2.28. The first-order valence-corrected chi connectivity index (χ1v) is 8.30. The topological polar surface area (TPSA) is 107 Å². The normalized spacial score (nSPS) is 13.2. The van der Waals surface area contributed by atoms with E-state index in [1.165, 1.54) is 0 Å². The van der Waals surface area contributed by atoms with Gasteiger partial charge in [-0.3, -0.25) is 9.36 Å². The van der Waals surface area contributed by atoms with E-state index < -0.39 is 0 Å². The number of benzene rings is 1. The summed E-state index contributed by atoms with van der Waals surface area (Å²) in [7, 11) is 0. The zero-order valence-electron chi connectivity index (χ0n) is 14.0. The van der Waals surface area contributed by atoms with Gasteiger partial charge < -0.3 is 15.2 Å². The summed E-state index contributed by atoms with van der Waals surface area (Å²) in [6.07, 6.45) is 2.53. The van der Waals surface area contributed by atoms with Gasteiger partial charge in [0.2, 0.25) is 11.7 Å². The van der Waals surface area contributed by atoms with E-state index in [0.717, 1.165) is 11.3 Å². The summed E-state index contributed by atoms with van der Waals surface area (Å²) >= 11 is 0. The van der Waals surface area contributed by atoms with E-state index in [1.54, 1.807) is 15.7 Å². The average Bonchev–Trinajstić information content (AvgIpc) is 3.33. The third-order valence-electron chi connectivity index (χ3n) is 4.29. The molecule has 0 atom stereocenters. The highest BCUT2D eigenvalue weighted by Crippen LogP contribution is 2.27. The number of rotatable bonds is 6. The van der Waals surface area contributed by atoms with E-state index in [1.807, 2.05) is 36.4 Å². The van der Waals surface area contributed by atoms with Crippen LogP contribution in [-0.4, -0.2) is 38.1 Å². The molecule has 2 amide bonds. The van der Waals surface area contributed by atoms with E-state index in [0.29, 0.717) is 36.8 Å². The number of nitrogens with two attached hydrogens (primary N) is 1. The highest BCUT2D eigenvalue weighted by atomic mass is 16.5. The van der Waals surface area contributed by atoms with Crippen molar-refractivity contribution < 1.29 is 14.1 Å². The number of primary amides is 1. The third kappa shape index (κ3) is 2.97. The fourth-order valence-electron chi connectivity index (χ4n) is 3.00. The highest BCUT2D eigenvalue weighted by molar-refractivity contribution is 5.82. The lowest BCUT2D eigenvalue weighted by Crippen LogP contribution is -2.28. The van der Waals surface area contributed by atoms with Crippen LogP contribution >= 0.6 is 0 Å². The van der Waals surface area contributed by atoms with Gasteiger partial charge in [-0.25, -0.2) is 4.79 Å². The maximum atomic E-state index is 12.4. The molecule has 0 unspecified atom stereocenters. The smallest absolute Gasteiger partial charge is 0.328 e. The van der Waals surface area contributed by atoms with E-state index in [-0.39, 0.29) is 18.4 Å². The van der Waals surface area contributed by atoms with Crippen molar-refractivity contribution in [3.05, 3.63) is 48.3 Å². The van der Waals surface area contributed by atoms with Crippen LogP contribution in [0.2, 0.25) is 0 Å². The Hall–Kier alpha value is -3.42. The van der Waals surface area contributed by atoms with Crippen LogP contribution in [0.15, 0.2) is 47.1 Å². The van der Waals surface area contributed by atoms with Crippen molar-refractivity contribution in [1.82, 2.24) is 19.6 Å². The molecule has 8 heteroatoms. The Morgan fingerprint density at radius 1 is 1.23 bits per heavy atom. The molecule has 3 heterocycles. The van der Waals surface area contributed by atoms with E-state index >= 15 is 0 Å². The molecule has 132 valence electrons. The molecule has 1 aromatic carbocycles. The molecule has 0 fully saturated rings. The van der Waals surface area contributed by atoms with Crippen molar-refractivity contribution in [2.24, 2.45) is 5.73 Å². The van der Waals surface area contributed by atoms with Crippen molar-refractivity contribution >= 4 is 11.9 Å². The summed E-state index contributed by atoms with van der Waals surface area (Å²) < 4.78 is 6.92. The molecular formula is C18H17N5O3. The van der Waals surface area contributed by atoms with Crippen LogP contribution in [0, 0.1) is 0 Å². The summed E-state index contributed by atoms with van der Waals surface area (Å²) in [5.41, 5.74) is 7.56. The summed E-state index contributed by atoms with van der Waals surface area (Å²) in [5.74, 6) is 0.523. The predicted molar refractivity (Wildman–Crippen MR) is 92.8 cm³/mol. The van der Waals surface area contributed by atoms with Crippen LogP contribution in [0.25, 0.3) is 22.8 Å². The van der Waals surface area contributed by atoms with Crippen LogP contribution < -0.4 is 5.73 Å². The fourth-order valence-corrected chi connectivity index (χ4v) is 3.00. The minimum absolute atomic E-state index is 0.126. The number of hydrogen-bond donors (Lipinski definition) is 1. The largest absolute Gasteiger partial charge is 0.370 e. The van der Waals surface area contributed by atoms with Gasteiger partial charge in [0.15, 0.2) is 0 Å². The van der Waals surface area contributed by atoms with Crippen molar-refractivity contribution in [3.63, 3.8) is 0 Å². The Labute approximate surface area is 149 Å². The average molecular weight is 351 g/mol. The zero-order chi connectivity index (χ0) is 18.1. The van der Waals surface area contributed by atoms with Gasteiger partial charge in [-0.2, -0.15) is 4.98 Å². The van der Waals surface area contributed by atoms with Gasteiger partial charge in [0.25, 0.3) is 5.89 Å². The third-order valence-corrected chi connectivity index (χ3v) is 4.29. The molecule has 1 aliphatic rings. The fraction of sp³-hybridized carbons (Fsp3) is 0.222. The molecule has 8 nitrogen and oxygen atoms in total. The van der Waals surface area contributed by atoms with E-state index in [4.69, 9.17) is 10.3 Å². The molecule has 0 aliphatic carbocycles. The van der Waals surface area contributed by atoms with Crippen LogP contribution in [0.4, 0.5) is 4.79 Å². The first-order valence-electron chi connectivity index (χ1n) is 8.30. The summed E-state index contributed by atoms with van der Waals surface area (Å²) in [6, 6.07) is 11.3. The van der Waals surface area contributed by atoms with Crippen molar-refractivity contribution in [1.29, 1.82) is 0 Å². The molecule has 26 heavy (non-hydrogen) atoms. The summed E-state index contributed by atoms with van der Waals surface area (Å²) in [4.78, 5) is 29.4. The molecular weight excluding hydrogens is 334 g/mol. The number of carbonyl (C=O) groups is 2. The first kappa shape index (κ1) is 16.1. The van der Waals surface area contributed by atoms with Gasteiger partial charge in [-0.15, -0.1) is 0 Å². The lowest BCUT2D eigenvalue weighted by Gasteiger charge is -2.14. The maximum Gasteiger partial charge on any atom is 0.328 e. The molecule has 3 aromatic rings. The van der Waals surface area contributed by atoms with Gasteiger partial charge in [0, 0.05) is 30.4 Å². The van der Waals surface area contributed by atoms with Gasteiger partial charge in [-0.05, 0) is 12.5 Å². The van der Waals surface area contributed by atoms with Crippen molar-refractivity contribution in [3.8, 4) is 22.8 Å². The van der Waals surface area contributed by atoms with Gasteiger partial charge in [0.05, 0.1) is 12.1 Å². The molecule has 0 bridgehead atoms. The van der Waals surface area contributed by atoms with Crippen molar-refractivity contribution in [2.45, 2.75) is 19.4 Å². The molecule has 0 radical (unpaired) electrons. The number of nitrogens with zero attached hydrogens (tertiary/aromatic N) is 4. The van der Waals surface area contributed by atoms with E-state index in [9.17, 15) is 9.59 Å². The zero-order valence-corrected chi connectivity index (χ0v) is 14.0. The Bertz CT molecular complexity index is 960. The Morgan fingerprint density at radius 2 is 2.04 bits per heavy atom. The Balaban J connectivity index is 1.49. The number of aromatic nitrogens is 3. The van der Waals surface area contributed by atoms with Crippen LogP contribution in [0.1, 0.15) is 18.5 Å². The van der Waals surface area contributed by atoms with E-state index in [2.05, 4.69) is 10.1 Å². The molecule has 2 aromatic heterocycles. The summed E-state index contributed by atoms with van der Waals surface area (Å²) in [6.45, 7) is 0.981. The molecule has 4 rings (SSSR count). The number of hydrogen-bond acceptors (Lipinski definition) is 5. The first-order chi connectivity index (χ1) is 12.6. The maximum absolute atomic E-state index is 12.4. The minimum atomic E-state index is -0.357.